The number of pyridine rings is 1. The van der Waals surface area contributed by atoms with Gasteiger partial charge in [-0.05, 0) is 24.5 Å². The molecule has 1 aromatic heterocycles. The van der Waals surface area contributed by atoms with Gasteiger partial charge < -0.3 is 10.0 Å². The Morgan fingerprint density at radius 1 is 1.59 bits per heavy atom. The Hall–Kier alpha value is -1.31. The Labute approximate surface area is 105 Å². The van der Waals surface area contributed by atoms with Crippen LogP contribution in [0, 0.1) is 17.2 Å². The van der Waals surface area contributed by atoms with Gasteiger partial charge in [0, 0.05) is 13.1 Å². The van der Waals surface area contributed by atoms with Gasteiger partial charge in [0.2, 0.25) is 0 Å². The molecule has 2 unspecified atom stereocenters. The van der Waals surface area contributed by atoms with Crippen molar-refractivity contribution in [3.05, 3.63) is 22.8 Å². The summed E-state index contributed by atoms with van der Waals surface area (Å²) in [6.07, 6.45) is 0.583. The lowest BCUT2D eigenvalue weighted by Crippen LogP contribution is -2.43. The highest BCUT2D eigenvalue weighted by molar-refractivity contribution is 6.31. The molecule has 0 radical (unpaired) electrons. The molecule has 0 aromatic carbocycles. The summed E-state index contributed by atoms with van der Waals surface area (Å²) in [5.74, 6) is 1.02. The first-order chi connectivity index (χ1) is 8.11. The van der Waals surface area contributed by atoms with E-state index >= 15 is 0 Å². The summed E-state index contributed by atoms with van der Waals surface area (Å²) in [6, 6.07) is 5.42. The molecule has 0 amide bonds. The lowest BCUT2D eigenvalue weighted by Gasteiger charge is -2.35. The van der Waals surface area contributed by atoms with Gasteiger partial charge in [0.05, 0.1) is 11.1 Å². The number of nitrogens with zero attached hydrogens (tertiary/aromatic N) is 3. The molecule has 1 aliphatic heterocycles. The largest absolute Gasteiger partial charge is 0.391 e. The molecule has 1 aliphatic rings. The molecule has 0 saturated carbocycles. The van der Waals surface area contributed by atoms with E-state index in [-0.39, 0.29) is 11.8 Å². The zero-order chi connectivity index (χ0) is 12.4. The van der Waals surface area contributed by atoms with Gasteiger partial charge in [0.15, 0.2) is 5.69 Å². The number of piperidine rings is 1. The van der Waals surface area contributed by atoms with Gasteiger partial charge in [-0.2, -0.15) is 5.26 Å². The predicted molar refractivity (Wildman–Crippen MR) is 66.0 cm³/mol. The van der Waals surface area contributed by atoms with Crippen molar-refractivity contribution in [2.45, 2.75) is 19.4 Å². The summed E-state index contributed by atoms with van der Waals surface area (Å²) < 4.78 is 0. The second-order valence-corrected chi connectivity index (χ2v) is 4.80. The van der Waals surface area contributed by atoms with Crippen molar-refractivity contribution in [2.75, 3.05) is 18.0 Å². The fourth-order valence-corrected chi connectivity index (χ4v) is 2.09. The van der Waals surface area contributed by atoms with Crippen LogP contribution in [0.1, 0.15) is 19.0 Å². The van der Waals surface area contributed by atoms with Crippen LogP contribution < -0.4 is 4.90 Å². The minimum Gasteiger partial charge on any atom is -0.391 e. The van der Waals surface area contributed by atoms with Crippen LogP contribution in [-0.4, -0.2) is 29.3 Å². The van der Waals surface area contributed by atoms with E-state index in [1.54, 1.807) is 12.1 Å². The van der Waals surface area contributed by atoms with Gasteiger partial charge >= 0.3 is 0 Å². The van der Waals surface area contributed by atoms with E-state index in [2.05, 4.69) is 4.98 Å². The topological polar surface area (TPSA) is 60.2 Å². The number of rotatable bonds is 1. The molecule has 2 atom stereocenters. The number of nitriles is 1. The summed E-state index contributed by atoms with van der Waals surface area (Å²) >= 11 is 5.83. The van der Waals surface area contributed by atoms with Crippen molar-refractivity contribution in [1.82, 2.24) is 4.98 Å². The molecular formula is C12H14ClN3O. The molecule has 5 heteroatoms. The van der Waals surface area contributed by atoms with E-state index in [1.165, 1.54) is 0 Å². The number of hydrogen-bond donors (Lipinski definition) is 1. The summed E-state index contributed by atoms with van der Waals surface area (Å²) in [5.41, 5.74) is 0.234. The Morgan fingerprint density at radius 2 is 2.35 bits per heavy atom. The van der Waals surface area contributed by atoms with Crippen LogP contribution in [0.5, 0.6) is 0 Å². The zero-order valence-electron chi connectivity index (χ0n) is 9.60. The summed E-state index contributed by atoms with van der Waals surface area (Å²) in [7, 11) is 0. The molecule has 2 heterocycles. The van der Waals surface area contributed by atoms with Crippen molar-refractivity contribution in [1.29, 1.82) is 5.26 Å². The van der Waals surface area contributed by atoms with Crippen LogP contribution in [0.15, 0.2) is 12.1 Å². The third-order valence-corrected chi connectivity index (χ3v) is 3.48. The van der Waals surface area contributed by atoms with Crippen molar-refractivity contribution >= 4 is 17.4 Å². The normalized spacial score (nSPS) is 24.5. The van der Waals surface area contributed by atoms with Crippen molar-refractivity contribution in [3.8, 4) is 6.07 Å². The van der Waals surface area contributed by atoms with Crippen LogP contribution in [0.25, 0.3) is 0 Å². The molecule has 1 aromatic rings. The van der Waals surface area contributed by atoms with E-state index in [0.717, 1.165) is 13.0 Å². The summed E-state index contributed by atoms with van der Waals surface area (Å²) in [6.45, 7) is 3.44. The van der Waals surface area contributed by atoms with Crippen molar-refractivity contribution < 1.29 is 5.11 Å². The molecule has 17 heavy (non-hydrogen) atoms. The standard InChI is InChI=1S/C12H14ClN3O/c1-8-4-5-16(7-11(8)17)12-3-2-9(13)10(6-14)15-12/h2-3,8,11,17H,4-5,7H2,1H3. The molecule has 1 fully saturated rings. The van der Waals surface area contributed by atoms with Crippen LogP contribution in [-0.2, 0) is 0 Å². The van der Waals surface area contributed by atoms with Crippen LogP contribution >= 0.6 is 11.6 Å². The van der Waals surface area contributed by atoms with Crippen molar-refractivity contribution in [3.63, 3.8) is 0 Å². The molecule has 0 bridgehead atoms. The monoisotopic (exact) mass is 251 g/mol. The second-order valence-electron chi connectivity index (χ2n) is 4.39. The molecule has 2 rings (SSSR count). The number of aliphatic hydroxyl groups is 1. The average Bonchev–Trinajstić information content (AvgIpc) is 2.33. The quantitative estimate of drug-likeness (QED) is 0.827. The first-order valence-corrected chi connectivity index (χ1v) is 5.99. The second kappa shape index (κ2) is 4.91. The van der Waals surface area contributed by atoms with Gasteiger partial charge in [-0.3, -0.25) is 0 Å². The molecular weight excluding hydrogens is 238 g/mol. The van der Waals surface area contributed by atoms with E-state index in [0.29, 0.717) is 23.3 Å². The fraction of sp³-hybridized carbons (Fsp3) is 0.500. The number of hydrogen-bond acceptors (Lipinski definition) is 4. The molecule has 1 N–H and O–H groups in total. The van der Waals surface area contributed by atoms with Gasteiger partial charge in [-0.1, -0.05) is 18.5 Å². The first-order valence-electron chi connectivity index (χ1n) is 5.61. The number of anilines is 1. The van der Waals surface area contributed by atoms with Gasteiger partial charge in [0.25, 0.3) is 0 Å². The number of halogens is 1. The third-order valence-electron chi connectivity index (χ3n) is 3.18. The minimum atomic E-state index is -0.341. The molecule has 4 nitrogen and oxygen atoms in total. The van der Waals surface area contributed by atoms with E-state index in [9.17, 15) is 5.11 Å². The Morgan fingerprint density at radius 3 is 3.00 bits per heavy atom. The first kappa shape index (κ1) is 12.2. The molecule has 0 spiro atoms. The maximum absolute atomic E-state index is 9.83. The van der Waals surface area contributed by atoms with E-state index in [4.69, 9.17) is 16.9 Å². The third kappa shape index (κ3) is 2.51. The fourth-order valence-electron chi connectivity index (χ4n) is 1.94. The highest BCUT2D eigenvalue weighted by Crippen LogP contribution is 2.24. The maximum Gasteiger partial charge on any atom is 0.161 e. The smallest absolute Gasteiger partial charge is 0.161 e. The van der Waals surface area contributed by atoms with E-state index in [1.807, 2.05) is 17.9 Å². The Kier molecular flexibility index (Phi) is 3.51. The summed E-state index contributed by atoms with van der Waals surface area (Å²) in [5, 5.41) is 19.1. The maximum atomic E-state index is 9.83. The number of aromatic nitrogens is 1. The SMILES string of the molecule is CC1CCN(c2ccc(Cl)c(C#N)n2)CC1O. The van der Waals surface area contributed by atoms with Crippen LogP contribution in [0.3, 0.4) is 0 Å². The summed E-state index contributed by atoms with van der Waals surface area (Å²) in [4.78, 5) is 6.18. The zero-order valence-corrected chi connectivity index (χ0v) is 10.4. The minimum absolute atomic E-state index is 0.234. The Balaban J connectivity index is 2.21. The molecule has 1 saturated heterocycles. The highest BCUT2D eigenvalue weighted by Gasteiger charge is 2.25. The highest BCUT2D eigenvalue weighted by atomic mass is 35.5. The van der Waals surface area contributed by atoms with Gasteiger partial charge in [-0.15, -0.1) is 0 Å². The van der Waals surface area contributed by atoms with Crippen LogP contribution in [0.2, 0.25) is 5.02 Å². The van der Waals surface area contributed by atoms with E-state index < -0.39 is 0 Å². The predicted octanol–water partition coefficient (Wildman–Crippen LogP) is 1.81. The molecule has 90 valence electrons. The molecule has 0 aliphatic carbocycles. The lowest BCUT2D eigenvalue weighted by atomic mass is 9.96. The Bertz CT molecular complexity index is 458. The number of aliphatic hydroxyl groups excluding tert-OH is 1. The lowest BCUT2D eigenvalue weighted by molar-refractivity contribution is 0.102. The average molecular weight is 252 g/mol. The van der Waals surface area contributed by atoms with Crippen LogP contribution in [0.4, 0.5) is 5.82 Å². The number of β-amino-alcohol motifs (C(OH)–C–C–N with tert-alkyl or cyclic N) is 1. The van der Waals surface area contributed by atoms with Gasteiger partial charge in [0.1, 0.15) is 11.9 Å². The van der Waals surface area contributed by atoms with Crippen molar-refractivity contribution in [2.24, 2.45) is 5.92 Å². The van der Waals surface area contributed by atoms with Gasteiger partial charge in [-0.25, -0.2) is 4.98 Å².